The van der Waals surface area contributed by atoms with Gasteiger partial charge in [0.25, 0.3) is 5.91 Å². The molecule has 0 spiro atoms. The molecule has 0 unspecified atom stereocenters. The molecule has 0 aromatic heterocycles. The fourth-order valence-corrected chi connectivity index (χ4v) is 3.33. The average molecular weight is 388 g/mol. The molecule has 1 saturated heterocycles. The highest BCUT2D eigenvalue weighted by molar-refractivity contribution is 6.31. The molecule has 144 valence electrons. The van der Waals surface area contributed by atoms with Crippen LogP contribution >= 0.6 is 11.6 Å². The molecule has 0 bridgehead atoms. The Hall–Kier alpha value is -2.08. The number of likely N-dealkylation sites (N-methyl/N-ethyl adjacent to an activating group) is 1. The first-order valence-corrected chi connectivity index (χ1v) is 9.53. The van der Waals surface area contributed by atoms with Gasteiger partial charge in [-0.25, -0.2) is 0 Å². The molecule has 6 heteroatoms. The maximum atomic E-state index is 12.4. The molecule has 5 nitrogen and oxygen atoms in total. The van der Waals surface area contributed by atoms with Crippen LogP contribution in [0.25, 0.3) is 0 Å². The summed E-state index contributed by atoms with van der Waals surface area (Å²) in [6.07, 6.45) is 0. The minimum atomic E-state index is -0.198. The number of halogens is 1. The van der Waals surface area contributed by atoms with Crippen molar-refractivity contribution < 1.29 is 9.53 Å². The molecule has 27 heavy (non-hydrogen) atoms. The van der Waals surface area contributed by atoms with Crippen molar-refractivity contribution in [3.8, 4) is 5.75 Å². The Balaban J connectivity index is 1.54. The van der Waals surface area contributed by atoms with E-state index in [2.05, 4.69) is 46.4 Å². The molecule has 1 aliphatic rings. The van der Waals surface area contributed by atoms with Gasteiger partial charge in [0, 0.05) is 44.3 Å². The van der Waals surface area contributed by atoms with Crippen LogP contribution in [0, 0.1) is 0 Å². The van der Waals surface area contributed by atoms with Crippen LogP contribution in [-0.2, 0) is 13.1 Å². The van der Waals surface area contributed by atoms with Gasteiger partial charge in [0.1, 0.15) is 5.75 Å². The summed E-state index contributed by atoms with van der Waals surface area (Å²) < 4.78 is 5.24. The Morgan fingerprint density at radius 3 is 2.41 bits per heavy atom. The quantitative estimate of drug-likeness (QED) is 0.827. The summed E-state index contributed by atoms with van der Waals surface area (Å²) in [4.78, 5) is 17.3. The van der Waals surface area contributed by atoms with Gasteiger partial charge in [0.15, 0.2) is 0 Å². The minimum absolute atomic E-state index is 0.198. The van der Waals surface area contributed by atoms with Crippen LogP contribution in [0.2, 0.25) is 5.02 Å². The monoisotopic (exact) mass is 387 g/mol. The number of rotatable bonds is 6. The summed E-state index contributed by atoms with van der Waals surface area (Å²) in [6, 6.07) is 13.4. The maximum Gasteiger partial charge on any atom is 0.255 e. The zero-order chi connectivity index (χ0) is 19.2. The smallest absolute Gasteiger partial charge is 0.255 e. The fourth-order valence-electron chi connectivity index (χ4n) is 3.16. The highest BCUT2D eigenvalue weighted by Gasteiger charge is 2.14. The van der Waals surface area contributed by atoms with Crippen molar-refractivity contribution in [1.82, 2.24) is 15.1 Å². The summed E-state index contributed by atoms with van der Waals surface area (Å²) in [6.45, 7) is 5.89. The van der Waals surface area contributed by atoms with Gasteiger partial charge in [0.05, 0.1) is 12.7 Å². The van der Waals surface area contributed by atoms with Crippen molar-refractivity contribution in [3.05, 3.63) is 64.2 Å². The number of methoxy groups -OCH3 is 1. The van der Waals surface area contributed by atoms with Crippen LogP contribution in [0.15, 0.2) is 42.5 Å². The number of carbonyl (C=O) groups excluding carboxylic acids is 1. The second-order valence-electron chi connectivity index (χ2n) is 6.92. The molecular formula is C21H26ClN3O2. The maximum absolute atomic E-state index is 12.4. The standard InChI is InChI=1S/C21H26ClN3O2/c1-24-9-11-25(12-10-24)15-17-5-3-16(4-6-17)14-23-21(26)19-13-18(22)7-8-20(19)27-2/h3-8,13H,9-12,14-15H2,1-2H3,(H,23,26). The zero-order valence-electron chi connectivity index (χ0n) is 15.9. The molecule has 1 N–H and O–H groups in total. The summed E-state index contributed by atoms with van der Waals surface area (Å²) in [5, 5.41) is 3.44. The Morgan fingerprint density at radius 1 is 1.07 bits per heavy atom. The molecule has 2 aromatic rings. The van der Waals surface area contributed by atoms with Crippen LogP contribution in [0.3, 0.4) is 0 Å². The Labute approximate surface area is 165 Å². The average Bonchev–Trinajstić information content (AvgIpc) is 2.69. The molecule has 1 heterocycles. The van der Waals surface area contributed by atoms with E-state index in [0.29, 0.717) is 22.9 Å². The summed E-state index contributed by atoms with van der Waals surface area (Å²) in [5.74, 6) is 0.315. The Morgan fingerprint density at radius 2 is 1.74 bits per heavy atom. The number of benzene rings is 2. The van der Waals surface area contributed by atoms with Gasteiger partial charge >= 0.3 is 0 Å². The van der Waals surface area contributed by atoms with Gasteiger partial charge in [-0.15, -0.1) is 0 Å². The third-order valence-electron chi connectivity index (χ3n) is 4.88. The van der Waals surface area contributed by atoms with E-state index in [9.17, 15) is 4.79 Å². The predicted octanol–water partition coefficient (Wildman–Crippen LogP) is 3.03. The van der Waals surface area contributed by atoms with Gasteiger partial charge in [-0.2, -0.15) is 0 Å². The molecule has 2 aromatic carbocycles. The SMILES string of the molecule is COc1ccc(Cl)cc1C(=O)NCc1ccc(CN2CCN(C)CC2)cc1. The fraction of sp³-hybridized carbons (Fsp3) is 0.381. The van der Waals surface area contributed by atoms with Crippen molar-refractivity contribution in [2.75, 3.05) is 40.3 Å². The van der Waals surface area contributed by atoms with Crippen LogP contribution in [0.5, 0.6) is 5.75 Å². The third kappa shape index (κ3) is 5.45. The van der Waals surface area contributed by atoms with E-state index in [1.54, 1.807) is 25.3 Å². The molecule has 3 rings (SSSR count). The van der Waals surface area contributed by atoms with Crippen molar-refractivity contribution in [3.63, 3.8) is 0 Å². The largest absolute Gasteiger partial charge is 0.496 e. The first-order chi connectivity index (χ1) is 13.0. The van der Waals surface area contributed by atoms with Gasteiger partial charge < -0.3 is 15.0 Å². The van der Waals surface area contributed by atoms with E-state index < -0.39 is 0 Å². The van der Waals surface area contributed by atoms with Crippen molar-refractivity contribution in [2.45, 2.75) is 13.1 Å². The van der Waals surface area contributed by atoms with Crippen molar-refractivity contribution in [2.24, 2.45) is 0 Å². The highest BCUT2D eigenvalue weighted by atomic mass is 35.5. The number of hydrogen-bond acceptors (Lipinski definition) is 4. The van der Waals surface area contributed by atoms with Crippen molar-refractivity contribution >= 4 is 17.5 Å². The second kappa shape index (κ2) is 9.22. The van der Waals surface area contributed by atoms with Crippen LogP contribution in [0.4, 0.5) is 0 Å². The lowest BCUT2D eigenvalue weighted by molar-refractivity contribution is 0.0948. The van der Waals surface area contributed by atoms with Gasteiger partial charge in [-0.3, -0.25) is 9.69 Å². The summed E-state index contributed by atoms with van der Waals surface area (Å²) in [7, 11) is 3.71. The van der Waals surface area contributed by atoms with E-state index in [4.69, 9.17) is 16.3 Å². The van der Waals surface area contributed by atoms with Crippen LogP contribution < -0.4 is 10.1 Å². The molecule has 1 fully saturated rings. The highest BCUT2D eigenvalue weighted by Crippen LogP contribution is 2.22. The normalized spacial score (nSPS) is 15.5. The van der Waals surface area contributed by atoms with E-state index >= 15 is 0 Å². The molecule has 1 amide bonds. The van der Waals surface area contributed by atoms with Gasteiger partial charge in [-0.1, -0.05) is 35.9 Å². The molecule has 1 aliphatic heterocycles. The first-order valence-electron chi connectivity index (χ1n) is 9.15. The first kappa shape index (κ1) is 19.7. The number of amides is 1. The van der Waals surface area contributed by atoms with E-state index in [1.807, 2.05) is 0 Å². The van der Waals surface area contributed by atoms with Crippen LogP contribution in [0.1, 0.15) is 21.5 Å². The molecule has 0 aliphatic carbocycles. The summed E-state index contributed by atoms with van der Waals surface area (Å²) >= 11 is 6.00. The molecular weight excluding hydrogens is 362 g/mol. The lowest BCUT2D eigenvalue weighted by atomic mass is 10.1. The third-order valence-corrected chi connectivity index (χ3v) is 5.12. The van der Waals surface area contributed by atoms with E-state index in [-0.39, 0.29) is 5.91 Å². The zero-order valence-corrected chi connectivity index (χ0v) is 16.6. The number of piperazine rings is 1. The topological polar surface area (TPSA) is 44.8 Å². The van der Waals surface area contributed by atoms with Crippen molar-refractivity contribution in [1.29, 1.82) is 0 Å². The van der Waals surface area contributed by atoms with Gasteiger partial charge in [-0.05, 0) is 36.4 Å². The van der Waals surface area contributed by atoms with E-state index in [1.165, 1.54) is 5.56 Å². The second-order valence-corrected chi connectivity index (χ2v) is 7.36. The number of ether oxygens (including phenoxy) is 1. The molecule has 0 saturated carbocycles. The Bertz CT molecular complexity index is 771. The van der Waals surface area contributed by atoms with E-state index in [0.717, 1.165) is 38.3 Å². The lowest BCUT2D eigenvalue weighted by Gasteiger charge is -2.32. The predicted molar refractivity (Wildman–Crippen MR) is 108 cm³/mol. The van der Waals surface area contributed by atoms with Gasteiger partial charge in [0.2, 0.25) is 0 Å². The number of nitrogens with zero attached hydrogens (tertiary/aromatic N) is 2. The minimum Gasteiger partial charge on any atom is -0.496 e. The Kier molecular flexibility index (Phi) is 6.72. The van der Waals surface area contributed by atoms with Crippen LogP contribution in [-0.4, -0.2) is 56.0 Å². The number of nitrogens with one attached hydrogen (secondary N) is 1. The summed E-state index contributed by atoms with van der Waals surface area (Å²) in [5.41, 5.74) is 2.80. The lowest BCUT2D eigenvalue weighted by Crippen LogP contribution is -2.43. The molecule has 0 atom stereocenters. The molecule has 0 radical (unpaired) electrons. The number of hydrogen-bond donors (Lipinski definition) is 1. The number of carbonyl (C=O) groups is 1.